The fourth-order valence-electron chi connectivity index (χ4n) is 2.64. The second-order valence-corrected chi connectivity index (χ2v) is 4.11. The first-order valence-corrected chi connectivity index (χ1v) is 5.20. The van der Waals surface area contributed by atoms with Gasteiger partial charge in [0.15, 0.2) is 0 Å². The van der Waals surface area contributed by atoms with Gasteiger partial charge in [0.05, 0.1) is 0 Å². The zero-order chi connectivity index (χ0) is 9.54. The van der Waals surface area contributed by atoms with Crippen LogP contribution in [0.1, 0.15) is 35.4 Å². The van der Waals surface area contributed by atoms with Gasteiger partial charge in [0.1, 0.15) is 0 Å². The number of aliphatic imine (C=N–C) groups is 1. The molecule has 0 bridgehead atoms. The van der Waals surface area contributed by atoms with Crippen molar-refractivity contribution < 1.29 is 5.11 Å². The SMILES string of the molecule is [O-]C1=NCC2CCCc3cccc1c32. The number of hydrogen-bond acceptors (Lipinski definition) is 2. The minimum atomic E-state index is -0.0139. The fourth-order valence-corrected chi connectivity index (χ4v) is 2.64. The van der Waals surface area contributed by atoms with E-state index in [4.69, 9.17) is 0 Å². The van der Waals surface area contributed by atoms with Crippen LogP contribution in [0.3, 0.4) is 0 Å². The van der Waals surface area contributed by atoms with E-state index >= 15 is 0 Å². The van der Waals surface area contributed by atoms with Gasteiger partial charge in [-0.15, -0.1) is 0 Å². The van der Waals surface area contributed by atoms with Crippen LogP contribution in [-0.2, 0) is 6.42 Å². The third-order valence-corrected chi connectivity index (χ3v) is 3.29. The summed E-state index contributed by atoms with van der Waals surface area (Å²) >= 11 is 0. The van der Waals surface area contributed by atoms with Crippen molar-refractivity contribution in [2.45, 2.75) is 25.2 Å². The summed E-state index contributed by atoms with van der Waals surface area (Å²) < 4.78 is 0. The summed E-state index contributed by atoms with van der Waals surface area (Å²) in [5.41, 5.74) is 3.54. The lowest BCUT2D eigenvalue weighted by Gasteiger charge is -2.32. The molecule has 3 rings (SSSR count). The van der Waals surface area contributed by atoms with Gasteiger partial charge in [-0.1, -0.05) is 18.2 Å². The lowest BCUT2D eigenvalue weighted by Crippen LogP contribution is -2.29. The van der Waals surface area contributed by atoms with E-state index in [1.165, 1.54) is 24.0 Å². The third kappa shape index (κ3) is 0.999. The lowest BCUT2D eigenvalue weighted by atomic mass is 9.79. The molecule has 1 unspecified atom stereocenters. The molecule has 2 aliphatic rings. The minimum Gasteiger partial charge on any atom is -0.858 e. The van der Waals surface area contributed by atoms with Crippen LogP contribution in [-0.4, -0.2) is 12.4 Å². The number of benzene rings is 1. The predicted octanol–water partition coefficient (Wildman–Crippen LogP) is 1.23. The van der Waals surface area contributed by atoms with Crippen molar-refractivity contribution in [3.8, 4) is 0 Å². The van der Waals surface area contributed by atoms with E-state index in [1.54, 1.807) is 0 Å². The zero-order valence-electron chi connectivity index (χ0n) is 7.99. The van der Waals surface area contributed by atoms with Crippen molar-refractivity contribution in [3.05, 3.63) is 34.9 Å². The minimum absolute atomic E-state index is 0.0139. The molecular formula is C12H12NO-. The maximum absolute atomic E-state index is 11.6. The Hall–Kier alpha value is -1.31. The molecule has 0 spiro atoms. The first-order valence-electron chi connectivity index (χ1n) is 5.20. The Morgan fingerprint density at radius 1 is 1.36 bits per heavy atom. The monoisotopic (exact) mass is 186 g/mol. The highest BCUT2D eigenvalue weighted by molar-refractivity contribution is 5.94. The molecule has 0 saturated heterocycles. The highest BCUT2D eigenvalue weighted by Gasteiger charge is 2.24. The smallest absolute Gasteiger partial charge is 0.0451 e. The molecule has 1 aliphatic heterocycles. The van der Waals surface area contributed by atoms with Crippen LogP contribution in [0.15, 0.2) is 23.2 Å². The molecule has 1 atom stereocenters. The summed E-state index contributed by atoms with van der Waals surface area (Å²) in [5.74, 6) is 0.507. The van der Waals surface area contributed by atoms with Gasteiger partial charge < -0.3 is 5.11 Å². The Bertz CT molecular complexity index is 409. The Kier molecular flexibility index (Phi) is 1.63. The second-order valence-electron chi connectivity index (χ2n) is 4.11. The topological polar surface area (TPSA) is 35.4 Å². The molecule has 0 N–H and O–H groups in total. The van der Waals surface area contributed by atoms with Gasteiger partial charge in [-0.25, -0.2) is 0 Å². The summed E-state index contributed by atoms with van der Waals surface area (Å²) in [4.78, 5) is 4.06. The molecule has 1 heterocycles. The maximum Gasteiger partial charge on any atom is 0.0451 e. The van der Waals surface area contributed by atoms with Gasteiger partial charge in [-0.2, -0.15) is 0 Å². The average Bonchev–Trinajstić information content (AvgIpc) is 2.24. The third-order valence-electron chi connectivity index (χ3n) is 3.29. The lowest BCUT2D eigenvalue weighted by molar-refractivity contribution is -0.213. The van der Waals surface area contributed by atoms with E-state index in [0.717, 1.165) is 12.0 Å². The van der Waals surface area contributed by atoms with E-state index in [9.17, 15) is 5.11 Å². The number of nitrogens with zero attached hydrogens (tertiary/aromatic N) is 1. The Labute approximate surface area is 83.3 Å². The largest absolute Gasteiger partial charge is 0.858 e. The maximum atomic E-state index is 11.6. The van der Waals surface area contributed by atoms with Crippen LogP contribution < -0.4 is 5.11 Å². The van der Waals surface area contributed by atoms with E-state index < -0.39 is 0 Å². The first-order chi connectivity index (χ1) is 6.86. The summed E-state index contributed by atoms with van der Waals surface area (Å²) in [7, 11) is 0. The number of hydrogen-bond donors (Lipinski definition) is 0. The molecule has 0 fully saturated rings. The molecule has 0 saturated carbocycles. The number of aryl methyl sites for hydroxylation is 1. The molecule has 0 aromatic heterocycles. The van der Waals surface area contributed by atoms with Gasteiger partial charge in [0.25, 0.3) is 0 Å². The van der Waals surface area contributed by atoms with E-state index in [-0.39, 0.29) is 5.90 Å². The van der Waals surface area contributed by atoms with Gasteiger partial charge in [0, 0.05) is 12.5 Å². The van der Waals surface area contributed by atoms with Crippen LogP contribution in [0, 0.1) is 0 Å². The second kappa shape index (κ2) is 2.84. The zero-order valence-corrected chi connectivity index (χ0v) is 7.99. The van der Waals surface area contributed by atoms with Crippen LogP contribution in [0.4, 0.5) is 0 Å². The molecule has 1 aromatic rings. The van der Waals surface area contributed by atoms with Crippen molar-refractivity contribution in [1.29, 1.82) is 0 Å². The summed E-state index contributed by atoms with van der Waals surface area (Å²) in [6, 6.07) is 6.06. The first kappa shape index (κ1) is 8.04. The van der Waals surface area contributed by atoms with Crippen LogP contribution in [0.2, 0.25) is 0 Å². The normalized spacial score (nSPS) is 24.0. The van der Waals surface area contributed by atoms with Crippen LogP contribution >= 0.6 is 0 Å². The van der Waals surface area contributed by atoms with Gasteiger partial charge >= 0.3 is 0 Å². The molecule has 14 heavy (non-hydrogen) atoms. The molecular weight excluding hydrogens is 174 g/mol. The quantitative estimate of drug-likeness (QED) is 0.600. The van der Waals surface area contributed by atoms with E-state index in [1.807, 2.05) is 12.1 Å². The summed E-state index contributed by atoms with van der Waals surface area (Å²) in [6.07, 6.45) is 3.57. The Morgan fingerprint density at radius 3 is 3.21 bits per heavy atom. The van der Waals surface area contributed by atoms with Crippen molar-refractivity contribution in [2.75, 3.05) is 6.54 Å². The average molecular weight is 186 g/mol. The van der Waals surface area contributed by atoms with Crippen molar-refractivity contribution in [1.82, 2.24) is 0 Å². The van der Waals surface area contributed by atoms with Crippen LogP contribution in [0.25, 0.3) is 0 Å². The highest BCUT2D eigenvalue weighted by atomic mass is 16.3. The Balaban J connectivity index is 2.25. The highest BCUT2D eigenvalue weighted by Crippen LogP contribution is 2.36. The molecule has 0 radical (unpaired) electrons. The van der Waals surface area contributed by atoms with Crippen LogP contribution in [0.5, 0.6) is 0 Å². The Morgan fingerprint density at radius 2 is 2.29 bits per heavy atom. The van der Waals surface area contributed by atoms with Crippen molar-refractivity contribution in [2.24, 2.45) is 4.99 Å². The molecule has 1 aliphatic carbocycles. The van der Waals surface area contributed by atoms with Crippen molar-refractivity contribution >= 4 is 5.90 Å². The number of rotatable bonds is 0. The van der Waals surface area contributed by atoms with E-state index in [2.05, 4.69) is 11.1 Å². The molecule has 72 valence electrons. The molecule has 0 amide bonds. The predicted molar refractivity (Wildman–Crippen MR) is 53.5 cm³/mol. The molecule has 2 nitrogen and oxygen atoms in total. The fraction of sp³-hybridized carbons (Fsp3) is 0.417. The molecule has 1 aromatic carbocycles. The summed E-state index contributed by atoms with van der Waals surface area (Å²) in [5, 5.41) is 11.6. The molecule has 2 heteroatoms. The van der Waals surface area contributed by atoms with Gasteiger partial charge in [0.2, 0.25) is 0 Å². The standard InChI is InChI=1S/C12H13NO/c14-12-10-6-2-4-8-3-1-5-9(7-13-12)11(8)10/h2,4,6,9H,1,3,5,7H2,(H,13,14)/p-1. The van der Waals surface area contributed by atoms with E-state index in [0.29, 0.717) is 12.5 Å². The van der Waals surface area contributed by atoms with Gasteiger partial charge in [-0.3, -0.25) is 4.99 Å². The van der Waals surface area contributed by atoms with Gasteiger partial charge in [-0.05, 0) is 41.9 Å². The summed E-state index contributed by atoms with van der Waals surface area (Å²) in [6.45, 7) is 0.711. The van der Waals surface area contributed by atoms with Crippen molar-refractivity contribution in [3.63, 3.8) is 0 Å².